The van der Waals surface area contributed by atoms with Crippen molar-refractivity contribution in [3.05, 3.63) is 36.5 Å². The summed E-state index contributed by atoms with van der Waals surface area (Å²) in [5, 5.41) is 3.08. The zero-order valence-corrected chi connectivity index (χ0v) is 19.0. The maximum absolute atomic E-state index is 12.8. The number of carbonyl (C=O) groups is 1. The van der Waals surface area contributed by atoms with Crippen LogP contribution in [0.1, 0.15) is 51.9 Å². The molecule has 1 aromatic rings. The zero-order chi connectivity index (χ0) is 21.9. The lowest BCUT2D eigenvalue weighted by Gasteiger charge is -2.38. The molecule has 0 aromatic heterocycles. The minimum Gasteiger partial charge on any atom is -0.360 e. The molecule has 2 aliphatic rings. The quantitative estimate of drug-likeness (QED) is 0.654. The molecule has 3 N–H and O–H groups in total. The fraction of sp³-hybridized carbons (Fsp3) is 0.609. The van der Waals surface area contributed by atoms with E-state index in [2.05, 4.69) is 11.9 Å². The average Bonchev–Trinajstić information content (AvgIpc) is 2.65. The van der Waals surface area contributed by atoms with E-state index in [4.69, 9.17) is 5.73 Å². The molecule has 0 heterocycles. The van der Waals surface area contributed by atoms with Crippen LogP contribution in [0.2, 0.25) is 0 Å². The number of hydrogen-bond acceptors (Lipinski definition) is 5. The lowest BCUT2D eigenvalue weighted by molar-refractivity contribution is -0.136. The molecular formula is C23H35N3O3S. The van der Waals surface area contributed by atoms with Crippen molar-refractivity contribution in [2.24, 2.45) is 17.6 Å². The third-order valence-corrected chi connectivity index (χ3v) is 8.58. The van der Waals surface area contributed by atoms with Crippen molar-refractivity contribution < 1.29 is 13.2 Å². The van der Waals surface area contributed by atoms with Gasteiger partial charge in [-0.3, -0.25) is 4.79 Å². The van der Waals surface area contributed by atoms with E-state index >= 15 is 0 Å². The van der Waals surface area contributed by atoms with Crippen molar-refractivity contribution in [3.8, 4) is 0 Å². The molecule has 2 saturated carbocycles. The molecule has 7 heteroatoms. The van der Waals surface area contributed by atoms with Crippen LogP contribution in [-0.4, -0.2) is 44.1 Å². The first-order chi connectivity index (χ1) is 14.2. The fourth-order valence-electron chi connectivity index (χ4n) is 4.50. The fourth-order valence-corrected chi connectivity index (χ4v) is 6.20. The topological polar surface area (TPSA) is 92.5 Å². The van der Waals surface area contributed by atoms with Gasteiger partial charge in [0.2, 0.25) is 5.91 Å². The molecule has 30 heavy (non-hydrogen) atoms. The highest BCUT2D eigenvalue weighted by Gasteiger charge is 2.35. The van der Waals surface area contributed by atoms with Crippen LogP contribution < -0.4 is 11.1 Å². The van der Waals surface area contributed by atoms with Gasteiger partial charge in [-0.05, 0) is 88.0 Å². The van der Waals surface area contributed by atoms with Crippen LogP contribution in [0, 0.1) is 11.8 Å². The van der Waals surface area contributed by atoms with Gasteiger partial charge in [0.1, 0.15) is 0 Å². The molecule has 0 bridgehead atoms. The second-order valence-corrected chi connectivity index (χ2v) is 11.1. The van der Waals surface area contributed by atoms with Gasteiger partial charge >= 0.3 is 0 Å². The molecule has 0 radical (unpaired) electrons. The van der Waals surface area contributed by atoms with Crippen molar-refractivity contribution in [2.45, 2.75) is 68.8 Å². The molecule has 2 fully saturated rings. The number of amides is 1. The summed E-state index contributed by atoms with van der Waals surface area (Å²) in [5.74, 6) is 0.454. The summed E-state index contributed by atoms with van der Waals surface area (Å²) in [6.45, 7) is 5.64. The Morgan fingerprint density at radius 2 is 1.77 bits per heavy atom. The number of benzene rings is 1. The third kappa shape index (κ3) is 5.43. The molecule has 1 aromatic carbocycles. The van der Waals surface area contributed by atoms with Crippen LogP contribution in [0.25, 0.3) is 0 Å². The Kier molecular flexibility index (Phi) is 7.24. The van der Waals surface area contributed by atoms with Gasteiger partial charge in [0.25, 0.3) is 0 Å². The van der Waals surface area contributed by atoms with Gasteiger partial charge in [0.05, 0.1) is 16.7 Å². The van der Waals surface area contributed by atoms with Crippen molar-refractivity contribution in [1.82, 2.24) is 4.90 Å². The number of anilines is 1. The summed E-state index contributed by atoms with van der Waals surface area (Å²) < 4.78 is 25.7. The Morgan fingerprint density at radius 3 is 2.27 bits per heavy atom. The lowest BCUT2D eigenvalue weighted by Crippen LogP contribution is -2.52. The summed E-state index contributed by atoms with van der Waals surface area (Å²) in [5.41, 5.74) is 7.93. The minimum absolute atomic E-state index is 0.0410. The summed E-state index contributed by atoms with van der Waals surface area (Å²) in [7, 11) is -1.47. The number of sulfone groups is 1. The predicted octanol–water partition coefficient (Wildman–Crippen LogP) is 3.55. The molecule has 0 aliphatic heterocycles. The second-order valence-electron chi connectivity index (χ2n) is 9.05. The van der Waals surface area contributed by atoms with Gasteiger partial charge in [-0.25, -0.2) is 8.42 Å². The number of allylic oxidation sites excluding steroid dienone is 1. The van der Waals surface area contributed by atoms with Gasteiger partial charge in [0, 0.05) is 24.5 Å². The first kappa shape index (κ1) is 22.8. The van der Waals surface area contributed by atoms with E-state index < -0.39 is 15.9 Å². The van der Waals surface area contributed by atoms with Crippen LogP contribution in [0.3, 0.4) is 0 Å². The number of hydrogen-bond donors (Lipinski definition) is 2. The summed E-state index contributed by atoms with van der Waals surface area (Å²) >= 11 is 0. The van der Waals surface area contributed by atoms with Crippen LogP contribution >= 0.6 is 0 Å². The van der Waals surface area contributed by atoms with Crippen molar-refractivity contribution in [2.75, 3.05) is 18.1 Å². The summed E-state index contributed by atoms with van der Waals surface area (Å²) in [4.78, 5) is 14.8. The van der Waals surface area contributed by atoms with Gasteiger partial charge < -0.3 is 16.0 Å². The van der Waals surface area contributed by atoms with Crippen molar-refractivity contribution in [1.29, 1.82) is 0 Å². The Balaban J connectivity index is 1.52. The summed E-state index contributed by atoms with van der Waals surface area (Å²) in [6.07, 6.45) is 6.55. The van der Waals surface area contributed by atoms with E-state index in [-0.39, 0.29) is 23.5 Å². The molecule has 0 unspecified atom stereocenters. The predicted molar refractivity (Wildman–Crippen MR) is 121 cm³/mol. The smallest absolute Gasteiger partial charge is 0.239 e. The number of likely N-dealkylation sites (N-methyl/N-ethyl adjacent to an activating group) is 1. The minimum atomic E-state index is -3.34. The Hall–Kier alpha value is -1.86. The maximum Gasteiger partial charge on any atom is 0.239 e. The second kappa shape index (κ2) is 9.52. The zero-order valence-electron chi connectivity index (χ0n) is 18.1. The number of nitrogens with one attached hydrogen (secondary N) is 1. The molecule has 0 saturated heterocycles. The van der Waals surface area contributed by atoms with Crippen LogP contribution in [0.15, 0.2) is 41.4 Å². The molecule has 3 rings (SSSR count). The van der Waals surface area contributed by atoms with Crippen LogP contribution in [0.5, 0.6) is 0 Å². The van der Waals surface area contributed by atoms with Gasteiger partial charge in [-0.2, -0.15) is 0 Å². The van der Waals surface area contributed by atoms with Crippen LogP contribution in [-0.2, 0) is 14.6 Å². The number of rotatable bonds is 8. The first-order valence-corrected chi connectivity index (χ1v) is 12.6. The molecule has 166 valence electrons. The van der Waals surface area contributed by atoms with Gasteiger partial charge in [-0.1, -0.05) is 6.58 Å². The normalized spacial score (nSPS) is 23.3. The van der Waals surface area contributed by atoms with E-state index in [0.29, 0.717) is 10.9 Å². The first-order valence-electron chi connectivity index (χ1n) is 10.9. The van der Waals surface area contributed by atoms with Gasteiger partial charge in [0.15, 0.2) is 9.84 Å². The molecule has 6 nitrogen and oxygen atoms in total. The summed E-state index contributed by atoms with van der Waals surface area (Å²) in [6, 6.07) is 6.71. The number of carbonyl (C=O) groups excluding carboxylic acids is 1. The highest BCUT2D eigenvalue weighted by atomic mass is 32.2. The van der Waals surface area contributed by atoms with Crippen LogP contribution in [0.4, 0.5) is 5.69 Å². The molecule has 1 atom stereocenters. The highest BCUT2D eigenvalue weighted by Crippen LogP contribution is 2.33. The van der Waals surface area contributed by atoms with E-state index in [1.165, 1.54) is 6.42 Å². The van der Waals surface area contributed by atoms with Gasteiger partial charge in [-0.15, -0.1) is 0 Å². The number of nitrogens with zero attached hydrogens (tertiary/aromatic N) is 1. The van der Waals surface area contributed by atoms with E-state index in [1.807, 2.05) is 18.9 Å². The Bertz CT molecular complexity index is 854. The molecule has 0 spiro atoms. The van der Waals surface area contributed by atoms with Crippen molar-refractivity contribution in [3.63, 3.8) is 0 Å². The average molecular weight is 434 g/mol. The third-order valence-electron chi connectivity index (χ3n) is 6.68. The highest BCUT2D eigenvalue weighted by molar-refractivity contribution is 7.91. The van der Waals surface area contributed by atoms with E-state index in [1.54, 1.807) is 24.3 Å². The van der Waals surface area contributed by atoms with Crippen molar-refractivity contribution >= 4 is 21.4 Å². The van der Waals surface area contributed by atoms with E-state index in [0.717, 1.165) is 49.9 Å². The molecular weight excluding hydrogens is 398 g/mol. The molecule has 2 aliphatic carbocycles. The Morgan fingerprint density at radius 1 is 1.17 bits per heavy atom. The maximum atomic E-state index is 12.8. The lowest BCUT2D eigenvalue weighted by atomic mass is 9.78. The largest absolute Gasteiger partial charge is 0.360 e. The number of nitrogens with two attached hydrogens (primary N) is 1. The standard InChI is InChI=1S/C23H35N3O3S/c1-16(2)25-19-11-13-21(14-12-19)30(28,29)15-17-7-9-18(10-8-17)22(24)23(27)26(3)20-5-4-6-20/h11-14,17-18,20,22,25H,1,4-10,15,24H2,2-3H3/t17?,18?,22-/m0/s1. The monoisotopic (exact) mass is 433 g/mol. The SMILES string of the molecule is C=C(C)Nc1ccc(S(=O)(=O)CC2CCC([C@H](N)C(=O)N(C)C3CCC3)CC2)cc1. The molecule has 1 amide bonds. The Labute approximate surface area is 180 Å². The van der Waals surface area contributed by atoms with E-state index in [9.17, 15) is 13.2 Å².